The van der Waals surface area contributed by atoms with Crippen LogP contribution in [0.4, 0.5) is 18.9 Å². The molecule has 2 amide bonds. The van der Waals surface area contributed by atoms with Gasteiger partial charge in [0.25, 0.3) is 0 Å². The molecule has 0 saturated carbocycles. The first kappa shape index (κ1) is 20.5. The molecular weight excluding hydrogens is 371 g/mol. The molecule has 26 heavy (non-hydrogen) atoms. The number of halogens is 4. The number of hydrogen-bond donors (Lipinski definition) is 1. The van der Waals surface area contributed by atoms with Crippen molar-refractivity contribution in [3.63, 3.8) is 0 Å². The summed E-state index contributed by atoms with van der Waals surface area (Å²) in [6.45, 7) is 1.18. The third-order valence-corrected chi connectivity index (χ3v) is 4.37. The summed E-state index contributed by atoms with van der Waals surface area (Å²) >= 11 is 5.67. The summed E-state index contributed by atoms with van der Waals surface area (Å²) in [4.78, 5) is 27.4. The largest absolute Gasteiger partial charge is 0.418 e. The van der Waals surface area contributed by atoms with E-state index in [1.54, 1.807) is 0 Å². The number of nitrogens with zero attached hydrogens (tertiary/aromatic N) is 2. The number of amides is 2. The smallest absolute Gasteiger partial charge is 0.356 e. The summed E-state index contributed by atoms with van der Waals surface area (Å²) in [6.07, 6.45) is -4.01. The van der Waals surface area contributed by atoms with E-state index < -0.39 is 23.6 Å². The third kappa shape index (κ3) is 5.11. The average Bonchev–Trinajstić information content (AvgIpc) is 2.92. The number of anilines is 1. The van der Waals surface area contributed by atoms with Crippen LogP contribution in [0.3, 0.4) is 0 Å². The number of nitrogens with one attached hydrogen (secondary N) is 1. The Kier molecular flexibility index (Phi) is 6.52. The molecule has 0 aliphatic carbocycles. The van der Waals surface area contributed by atoms with Crippen LogP contribution in [0.25, 0.3) is 0 Å². The first-order valence-electron chi connectivity index (χ1n) is 8.19. The fraction of sp³-hybridized carbons (Fsp3) is 0.529. The Balaban J connectivity index is 2.07. The number of rotatable bonds is 6. The molecule has 2 rings (SSSR count). The SMILES string of the molecule is CN(C)CCCNC(=O)C1CC(=O)N(c2ccc(Cl)cc2C(F)(F)F)C1. The van der Waals surface area contributed by atoms with E-state index in [1.807, 2.05) is 19.0 Å². The van der Waals surface area contributed by atoms with Crippen LogP contribution in [-0.4, -0.2) is 50.4 Å². The number of carbonyl (C=O) groups excluding carboxylic acids is 2. The molecule has 1 N–H and O–H groups in total. The van der Waals surface area contributed by atoms with Crippen LogP contribution in [-0.2, 0) is 15.8 Å². The molecule has 9 heteroatoms. The zero-order valence-electron chi connectivity index (χ0n) is 14.6. The lowest BCUT2D eigenvalue weighted by atomic mass is 10.1. The van der Waals surface area contributed by atoms with Crippen LogP contribution in [0.15, 0.2) is 18.2 Å². The van der Waals surface area contributed by atoms with Gasteiger partial charge >= 0.3 is 6.18 Å². The van der Waals surface area contributed by atoms with E-state index in [9.17, 15) is 22.8 Å². The van der Waals surface area contributed by atoms with Gasteiger partial charge in [-0.3, -0.25) is 9.59 Å². The van der Waals surface area contributed by atoms with Crippen LogP contribution in [0.2, 0.25) is 5.02 Å². The van der Waals surface area contributed by atoms with Gasteiger partial charge in [0.15, 0.2) is 0 Å². The second-order valence-electron chi connectivity index (χ2n) is 6.51. The standard InChI is InChI=1S/C17H21ClF3N3O2/c1-23(2)7-3-6-22-16(26)11-8-15(25)24(10-11)14-5-4-12(18)9-13(14)17(19,20)21/h4-5,9,11H,3,6-8,10H2,1-2H3,(H,22,26). The molecule has 1 aromatic carbocycles. The van der Waals surface area contributed by atoms with Gasteiger partial charge < -0.3 is 15.1 Å². The summed E-state index contributed by atoms with van der Waals surface area (Å²) in [5.74, 6) is -1.49. The molecule has 1 aromatic rings. The van der Waals surface area contributed by atoms with Crippen molar-refractivity contribution in [3.8, 4) is 0 Å². The number of hydrogen-bond acceptors (Lipinski definition) is 3. The molecule has 0 aromatic heterocycles. The molecule has 5 nitrogen and oxygen atoms in total. The molecule has 0 bridgehead atoms. The number of benzene rings is 1. The molecule has 1 unspecified atom stereocenters. The van der Waals surface area contributed by atoms with Crippen molar-refractivity contribution in [1.29, 1.82) is 0 Å². The zero-order chi connectivity index (χ0) is 19.5. The second kappa shape index (κ2) is 8.26. The second-order valence-corrected chi connectivity index (χ2v) is 6.95. The van der Waals surface area contributed by atoms with Crippen molar-refractivity contribution in [2.75, 3.05) is 38.6 Å². The van der Waals surface area contributed by atoms with Crippen LogP contribution < -0.4 is 10.2 Å². The van der Waals surface area contributed by atoms with Crippen LogP contribution in [0.5, 0.6) is 0 Å². The zero-order valence-corrected chi connectivity index (χ0v) is 15.3. The lowest BCUT2D eigenvalue weighted by Crippen LogP contribution is -2.34. The highest BCUT2D eigenvalue weighted by molar-refractivity contribution is 6.30. The fourth-order valence-corrected chi connectivity index (χ4v) is 3.01. The summed E-state index contributed by atoms with van der Waals surface area (Å²) in [7, 11) is 3.83. The van der Waals surface area contributed by atoms with Gasteiger partial charge in [-0.2, -0.15) is 13.2 Å². The molecule has 0 spiro atoms. The highest BCUT2D eigenvalue weighted by Gasteiger charge is 2.40. The molecule has 1 aliphatic rings. The molecule has 1 aliphatic heterocycles. The Labute approximate surface area is 155 Å². The number of carbonyl (C=O) groups is 2. The number of alkyl halides is 3. The van der Waals surface area contributed by atoms with Gasteiger partial charge in [0.1, 0.15) is 0 Å². The molecular formula is C17H21ClF3N3O2. The monoisotopic (exact) mass is 391 g/mol. The Morgan fingerprint density at radius 3 is 2.69 bits per heavy atom. The molecule has 1 heterocycles. The fourth-order valence-electron chi connectivity index (χ4n) is 2.84. The maximum Gasteiger partial charge on any atom is 0.418 e. The topological polar surface area (TPSA) is 52.7 Å². The van der Waals surface area contributed by atoms with E-state index in [0.29, 0.717) is 6.54 Å². The average molecular weight is 392 g/mol. The molecule has 1 saturated heterocycles. The van der Waals surface area contributed by atoms with E-state index in [0.717, 1.165) is 23.9 Å². The van der Waals surface area contributed by atoms with Crippen LogP contribution in [0, 0.1) is 5.92 Å². The Bertz CT molecular complexity index is 680. The summed E-state index contributed by atoms with van der Waals surface area (Å²) < 4.78 is 39.8. The summed E-state index contributed by atoms with van der Waals surface area (Å²) in [5, 5.41) is 2.67. The minimum Gasteiger partial charge on any atom is -0.356 e. The van der Waals surface area contributed by atoms with Crippen molar-refractivity contribution in [2.24, 2.45) is 5.92 Å². The van der Waals surface area contributed by atoms with Gasteiger partial charge in [-0.05, 0) is 45.3 Å². The maximum absolute atomic E-state index is 13.3. The van der Waals surface area contributed by atoms with Crippen molar-refractivity contribution < 1.29 is 22.8 Å². The molecule has 1 atom stereocenters. The highest BCUT2D eigenvalue weighted by atomic mass is 35.5. The van der Waals surface area contributed by atoms with Crippen molar-refractivity contribution >= 4 is 29.1 Å². The Morgan fingerprint density at radius 2 is 2.08 bits per heavy atom. The first-order valence-corrected chi connectivity index (χ1v) is 8.57. The summed E-state index contributed by atoms with van der Waals surface area (Å²) in [5.41, 5.74) is -1.25. The Morgan fingerprint density at radius 1 is 1.38 bits per heavy atom. The van der Waals surface area contributed by atoms with E-state index in [1.165, 1.54) is 12.1 Å². The molecule has 0 radical (unpaired) electrons. The maximum atomic E-state index is 13.3. The first-order chi connectivity index (χ1) is 12.1. The van der Waals surface area contributed by atoms with E-state index in [2.05, 4.69) is 5.32 Å². The summed E-state index contributed by atoms with van der Waals surface area (Å²) in [6, 6.07) is 3.26. The van der Waals surface area contributed by atoms with Gasteiger partial charge in [-0.25, -0.2) is 0 Å². The van der Waals surface area contributed by atoms with Gasteiger partial charge in [-0.15, -0.1) is 0 Å². The van der Waals surface area contributed by atoms with Gasteiger partial charge in [0, 0.05) is 24.5 Å². The normalized spacial score (nSPS) is 17.9. The quantitative estimate of drug-likeness (QED) is 0.759. The van der Waals surface area contributed by atoms with Crippen molar-refractivity contribution in [1.82, 2.24) is 10.2 Å². The Hall–Kier alpha value is -1.80. The van der Waals surface area contributed by atoms with Gasteiger partial charge in [-0.1, -0.05) is 11.6 Å². The highest BCUT2D eigenvalue weighted by Crippen LogP contribution is 2.40. The van der Waals surface area contributed by atoms with Gasteiger partial charge in [0.05, 0.1) is 17.2 Å². The predicted octanol–water partition coefficient (Wildman–Crippen LogP) is 2.78. The minimum atomic E-state index is -4.65. The lowest BCUT2D eigenvalue weighted by molar-refractivity contribution is -0.137. The van der Waals surface area contributed by atoms with E-state index in [-0.39, 0.29) is 29.6 Å². The molecule has 1 fully saturated rings. The van der Waals surface area contributed by atoms with Crippen molar-refractivity contribution in [2.45, 2.75) is 19.0 Å². The molecule has 144 valence electrons. The van der Waals surface area contributed by atoms with Crippen LogP contribution >= 0.6 is 11.6 Å². The van der Waals surface area contributed by atoms with Gasteiger partial charge in [0.2, 0.25) is 11.8 Å². The predicted molar refractivity (Wildman–Crippen MR) is 93.1 cm³/mol. The minimum absolute atomic E-state index is 0.0668. The third-order valence-electron chi connectivity index (χ3n) is 4.13. The van der Waals surface area contributed by atoms with Crippen molar-refractivity contribution in [3.05, 3.63) is 28.8 Å². The van der Waals surface area contributed by atoms with Crippen LogP contribution in [0.1, 0.15) is 18.4 Å². The lowest BCUT2D eigenvalue weighted by Gasteiger charge is -2.22. The van der Waals surface area contributed by atoms with E-state index in [4.69, 9.17) is 11.6 Å². The van der Waals surface area contributed by atoms with E-state index >= 15 is 0 Å².